The molecule has 0 amide bonds. The Labute approximate surface area is 382 Å². The highest BCUT2D eigenvalue weighted by atomic mass is 32.2. The Bertz CT molecular complexity index is 2840. The summed E-state index contributed by atoms with van der Waals surface area (Å²) in [5.74, 6) is 0.721. The maximum absolute atomic E-state index is 13.6. The van der Waals surface area contributed by atoms with Gasteiger partial charge < -0.3 is 9.13 Å². The van der Waals surface area contributed by atoms with E-state index in [1.165, 1.54) is 36.6 Å². The average Bonchev–Trinajstić information content (AvgIpc) is 3.88. The Morgan fingerprint density at radius 3 is 1.27 bits per heavy atom. The van der Waals surface area contributed by atoms with Crippen molar-refractivity contribution in [2.45, 2.75) is 122 Å². The molecule has 6 saturated carbocycles. The van der Waals surface area contributed by atoms with Crippen LogP contribution >= 0.6 is 0 Å². The van der Waals surface area contributed by atoms with Gasteiger partial charge in [0.25, 0.3) is 0 Å². The minimum atomic E-state index is -5.25. The van der Waals surface area contributed by atoms with E-state index in [2.05, 4.69) is 20.4 Å². The van der Waals surface area contributed by atoms with Gasteiger partial charge in [0, 0.05) is 42.3 Å². The van der Waals surface area contributed by atoms with E-state index in [0.717, 1.165) is 62.0 Å². The maximum atomic E-state index is 13.6. The van der Waals surface area contributed by atoms with E-state index in [-0.39, 0.29) is 40.0 Å². The normalized spacial score (nSPS) is 25.5. The molecule has 10 nitrogen and oxygen atoms in total. The lowest BCUT2D eigenvalue weighted by atomic mass is 9.51. The van der Waals surface area contributed by atoms with Crippen LogP contribution in [-0.4, -0.2) is 63.9 Å². The van der Waals surface area contributed by atoms with E-state index < -0.39 is 65.2 Å². The molecule has 0 saturated heterocycles. The third-order valence-corrected chi connectivity index (χ3v) is 18.0. The summed E-state index contributed by atoms with van der Waals surface area (Å²) >= 11 is 0. The molecule has 0 unspecified atom stereocenters. The van der Waals surface area contributed by atoms with Gasteiger partial charge in [-0.2, -0.15) is 39.5 Å². The number of sulfone groups is 2. The van der Waals surface area contributed by atoms with Crippen LogP contribution in [0.2, 0.25) is 0 Å². The molecule has 21 heteroatoms. The molecule has 362 valence electrons. The molecule has 0 N–H and O–H groups in total. The number of hydrogen-bond donors (Lipinski definition) is 0. The largest absolute Gasteiger partial charge is 0.497 e. The predicted molar refractivity (Wildman–Crippen MR) is 230 cm³/mol. The molecule has 0 atom stereocenters. The van der Waals surface area contributed by atoms with Crippen LogP contribution in [0.3, 0.4) is 0 Å². The predicted octanol–water partition coefficient (Wildman–Crippen LogP) is 10.9. The Morgan fingerprint density at radius 2 is 0.896 bits per heavy atom. The van der Waals surface area contributed by atoms with Crippen LogP contribution in [0.5, 0.6) is 0 Å². The lowest BCUT2D eigenvalue weighted by Gasteiger charge is -2.53. The fraction of sp³-hybridized carbons (Fsp3) is 0.522. The molecule has 6 fully saturated rings. The number of halogens is 9. The van der Waals surface area contributed by atoms with Crippen molar-refractivity contribution in [3.8, 4) is 22.8 Å². The first kappa shape index (κ1) is 48.7. The van der Waals surface area contributed by atoms with Gasteiger partial charge in [-0.1, -0.05) is 48.5 Å². The Balaban J connectivity index is 0.000000182. The molecule has 2 heterocycles. The zero-order chi connectivity index (χ0) is 48.6. The summed E-state index contributed by atoms with van der Waals surface area (Å²) in [6.45, 7) is 0. The number of aromatic nitrogens is 6. The number of benzene rings is 3. The lowest BCUT2D eigenvalue weighted by molar-refractivity contribution is -0.138. The minimum absolute atomic E-state index is 0.00207. The highest BCUT2D eigenvalue weighted by Crippen LogP contribution is 2.60. The Hall–Kier alpha value is -4.79. The van der Waals surface area contributed by atoms with E-state index in [1.807, 2.05) is 12.1 Å². The van der Waals surface area contributed by atoms with Gasteiger partial charge in [-0.05, 0) is 124 Å². The van der Waals surface area contributed by atoms with Gasteiger partial charge in [-0.3, -0.25) is 0 Å². The molecule has 6 aliphatic rings. The number of hydrogen-bond acceptors (Lipinski definition) is 8. The molecule has 0 radical (unpaired) electrons. The molecule has 2 aromatic heterocycles. The Kier molecular flexibility index (Phi) is 12.1. The van der Waals surface area contributed by atoms with Gasteiger partial charge in [-0.25, -0.2) is 16.8 Å². The first-order chi connectivity index (χ1) is 31.2. The van der Waals surface area contributed by atoms with Crippen molar-refractivity contribution in [2.75, 3.05) is 12.0 Å². The summed E-state index contributed by atoms with van der Waals surface area (Å²) in [4.78, 5) is 0.319. The van der Waals surface area contributed by atoms with Gasteiger partial charge in [0.15, 0.2) is 21.5 Å². The van der Waals surface area contributed by atoms with E-state index in [1.54, 1.807) is 41.4 Å². The van der Waals surface area contributed by atoms with Gasteiger partial charge in [0.1, 0.15) is 11.6 Å². The highest BCUT2D eigenvalue weighted by Gasteiger charge is 2.55. The van der Waals surface area contributed by atoms with Crippen LogP contribution in [-0.2, 0) is 62.4 Å². The van der Waals surface area contributed by atoms with Crippen LogP contribution in [0, 0.1) is 5.41 Å². The number of rotatable bonds is 9. The van der Waals surface area contributed by atoms with Crippen molar-refractivity contribution in [1.82, 2.24) is 29.5 Å². The van der Waals surface area contributed by atoms with Gasteiger partial charge in [-0.15, -0.1) is 20.4 Å². The summed E-state index contributed by atoms with van der Waals surface area (Å²) in [6, 6.07) is 17.9. The zero-order valence-electron chi connectivity index (χ0n) is 36.9. The van der Waals surface area contributed by atoms with E-state index in [9.17, 15) is 56.3 Å². The van der Waals surface area contributed by atoms with Gasteiger partial charge in [0.2, 0.25) is 9.84 Å². The van der Waals surface area contributed by atoms with Crippen molar-refractivity contribution >= 4 is 19.7 Å². The van der Waals surface area contributed by atoms with Crippen LogP contribution in [0.25, 0.3) is 22.8 Å². The Morgan fingerprint density at radius 1 is 0.522 bits per heavy atom. The third-order valence-electron chi connectivity index (χ3n) is 15.4. The van der Waals surface area contributed by atoms with Crippen LogP contribution < -0.4 is 0 Å². The van der Waals surface area contributed by atoms with Crippen molar-refractivity contribution < 1.29 is 56.3 Å². The lowest BCUT2D eigenvalue weighted by Crippen LogP contribution is -2.47. The molecule has 4 bridgehead atoms. The van der Waals surface area contributed by atoms with Crippen molar-refractivity contribution in [3.63, 3.8) is 0 Å². The summed E-state index contributed by atoms with van der Waals surface area (Å²) < 4.78 is 169. The molecular formula is C46H49F9N6O4S2. The summed E-state index contributed by atoms with van der Waals surface area (Å²) in [7, 11) is -5.02. The fourth-order valence-electron chi connectivity index (χ4n) is 11.4. The third kappa shape index (κ3) is 8.91. The van der Waals surface area contributed by atoms with Crippen LogP contribution in [0.1, 0.15) is 112 Å². The molecule has 5 aromatic rings. The van der Waals surface area contributed by atoms with E-state index in [0.29, 0.717) is 49.2 Å². The maximum Gasteiger partial charge on any atom is 0.497 e. The molecule has 0 aliphatic heterocycles. The van der Waals surface area contributed by atoms with Crippen molar-refractivity contribution in [1.29, 1.82) is 0 Å². The second-order valence-electron chi connectivity index (χ2n) is 19.1. The standard InChI is InChI=1S/C25H26F3N3O2S.C21H23F6N3O2S/c1-31-21(19-5-3-4-6-20(19)25(26,27)28)29-30-22(31)24-14-11-23(12-15-24,13-16-24)17-7-9-18(10-8-17)34(2,32)33;1-30-16(14-4-2-3-5-15(14)20(22,23)24)28-29-17(30)19-9-6-18(7-10-19,8-11-19)12-13-33(31,32)21(25,26)27/h3-10H,11-16H2,1-2H3;2-5H,6-13H2,1H3. The van der Waals surface area contributed by atoms with Gasteiger partial charge in [0.05, 0.1) is 21.8 Å². The number of fused-ring (bicyclic) bond motifs is 6. The fourth-order valence-corrected chi connectivity index (χ4v) is 12.9. The molecule has 3 aromatic carbocycles. The zero-order valence-corrected chi connectivity index (χ0v) is 38.5. The topological polar surface area (TPSA) is 130 Å². The molecule has 67 heavy (non-hydrogen) atoms. The van der Waals surface area contributed by atoms with E-state index >= 15 is 0 Å². The number of nitrogens with zero attached hydrogens (tertiary/aromatic N) is 6. The molecular weight excluding hydrogens is 936 g/mol. The van der Waals surface area contributed by atoms with E-state index in [4.69, 9.17) is 0 Å². The summed E-state index contributed by atoms with van der Waals surface area (Å²) in [5.41, 5.74) is -6.74. The molecule has 0 spiro atoms. The molecule has 6 aliphatic carbocycles. The monoisotopic (exact) mass is 984 g/mol. The summed E-state index contributed by atoms with van der Waals surface area (Å²) in [6.07, 6.45) is 0.873. The second-order valence-corrected chi connectivity index (χ2v) is 23.2. The van der Waals surface area contributed by atoms with Crippen LogP contribution in [0.15, 0.2) is 77.7 Å². The SMILES string of the molecule is Cn1c(-c2ccccc2C(F)(F)F)nnc1C12CCC(CCS(=O)(=O)C(F)(F)F)(CC1)CC2.Cn1c(-c2ccccc2C(F)(F)F)nnc1C12CCC(c3ccc(S(C)(=O)=O)cc3)(CC1)CC2. The highest BCUT2D eigenvalue weighted by molar-refractivity contribution is 7.92. The number of alkyl halides is 9. The first-order valence-corrected chi connectivity index (χ1v) is 25.4. The smallest absolute Gasteiger partial charge is 0.314 e. The molecule has 11 rings (SSSR count). The minimum Gasteiger partial charge on any atom is -0.314 e. The second kappa shape index (κ2) is 16.7. The quantitative estimate of drug-likeness (QED) is 0.134. The van der Waals surface area contributed by atoms with Gasteiger partial charge >= 0.3 is 17.9 Å². The first-order valence-electron chi connectivity index (χ1n) is 21.9. The van der Waals surface area contributed by atoms with Crippen molar-refractivity contribution in [2.24, 2.45) is 19.5 Å². The van der Waals surface area contributed by atoms with Crippen molar-refractivity contribution in [3.05, 3.63) is 101 Å². The summed E-state index contributed by atoms with van der Waals surface area (Å²) in [5, 5.41) is 16.9. The average molecular weight is 985 g/mol. The van der Waals surface area contributed by atoms with Crippen LogP contribution in [0.4, 0.5) is 39.5 Å².